The molecule has 14 heavy (non-hydrogen) atoms. The largest absolute Gasteiger partial charge is 0.398 e. The smallest absolute Gasteiger partial charge is 0.0393 e. The van der Waals surface area contributed by atoms with E-state index < -0.39 is 0 Å². The second-order valence-corrected chi connectivity index (χ2v) is 3.96. The van der Waals surface area contributed by atoms with Gasteiger partial charge in [0.15, 0.2) is 0 Å². The van der Waals surface area contributed by atoms with E-state index >= 15 is 0 Å². The fraction of sp³-hybridized carbons (Fsp3) is 0.455. The van der Waals surface area contributed by atoms with Crippen LogP contribution >= 0.6 is 0 Å². The van der Waals surface area contributed by atoms with Gasteiger partial charge in [-0.15, -0.1) is 0 Å². The number of fused-ring (bicyclic) bond motifs is 1. The molecule has 0 radical (unpaired) electrons. The molecule has 2 rings (SSSR count). The van der Waals surface area contributed by atoms with Crippen molar-refractivity contribution in [1.82, 2.24) is 0 Å². The highest BCUT2D eigenvalue weighted by atomic mass is 14.9. The molecule has 1 aromatic carbocycles. The van der Waals surface area contributed by atoms with Crippen molar-refractivity contribution >= 4 is 11.4 Å². The summed E-state index contributed by atoms with van der Waals surface area (Å²) in [5.74, 6) is 0. The third kappa shape index (κ3) is 1.55. The summed E-state index contributed by atoms with van der Waals surface area (Å²) >= 11 is 0. The Morgan fingerprint density at radius 3 is 2.93 bits per heavy atom. The van der Waals surface area contributed by atoms with Crippen molar-refractivity contribution in [2.24, 2.45) is 5.73 Å². The fourth-order valence-electron chi connectivity index (χ4n) is 1.95. The Kier molecular flexibility index (Phi) is 2.33. The second kappa shape index (κ2) is 3.50. The van der Waals surface area contributed by atoms with E-state index in [2.05, 4.69) is 11.4 Å². The van der Waals surface area contributed by atoms with Crippen LogP contribution in [0.1, 0.15) is 30.5 Å². The second-order valence-electron chi connectivity index (χ2n) is 3.96. The van der Waals surface area contributed by atoms with Crippen LogP contribution < -0.4 is 16.8 Å². The molecule has 1 unspecified atom stereocenters. The lowest BCUT2D eigenvalue weighted by Crippen LogP contribution is -2.15. The number of nitrogens with two attached hydrogens (primary N) is 2. The minimum absolute atomic E-state index is 0.0160. The van der Waals surface area contributed by atoms with Gasteiger partial charge in [-0.25, -0.2) is 0 Å². The van der Waals surface area contributed by atoms with Gasteiger partial charge < -0.3 is 16.8 Å². The van der Waals surface area contributed by atoms with Gasteiger partial charge >= 0.3 is 0 Å². The highest BCUT2D eigenvalue weighted by Crippen LogP contribution is 2.29. The van der Waals surface area contributed by atoms with Crippen LogP contribution in [0.25, 0.3) is 0 Å². The Labute approximate surface area is 84.5 Å². The zero-order valence-corrected chi connectivity index (χ0v) is 8.51. The van der Waals surface area contributed by atoms with Gasteiger partial charge in [-0.2, -0.15) is 0 Å². The number of benzene rings is 1. The van der Waals surface area contributed by atoms with Crippen molar-refractivity contribution in [3.63, 3.8) is 0 Å². The quantitative estimate of drug-likeness (QED) is 0.591. The Morgan fingerprint density at radius 2 is 2.21 bits per heavy atom. The van der Waals surface area contributed by atoms with Crippen LogP contribution in [-0.4, -0.2) is 6.54 Å². The van der Waals surface area contributed by atoms with Gasteiger partial charge in [-0.1, -0.05) is 6.07 Å². The van der Waals surface area contributed by atoms with Crippen molar-refractivity contribution in [3.05, 3.63) is 23.3 Å². The highest BCUT2D eigenvalue weighted by molar-refractivity contribution is 5.65. The third-order valence-corrected chi connectivity index (χ3v) is 2.74. The summed E-state index contributed by atoms with van der Waals surface area (Å²) in [6.07, 6.45) is 2.32. The number of aryl methyl sites for hydroxylation is 1. The summed E-state index contributed by atoms with van der Waals surface area (Å²) < 4.78 is 0. The standard InChI is InChI=1S/C11H17N3/c1-7(12)9-5-8-3-2-4-14-11(8)6-10(9)13/h5-7,14H,2-4,12-13H2,1H3. The predicted octanol–water partition coefficient (Wildman–Crippen LogP) is 1.65. The van der Waals surface area contributed by atoms with Crippen molar-refractivity contribution in [1.29, 1.82) is 0 Å². The lowest BCUT2D eigenvalue weighted by Gasteiger charge is -2.21. The number of nitrogens with one attached hydrogen (secondary N) is 1. The molecule has 0 aliphatic carbocycles. The molecular weight excluding hydrogens is 174 g/mol. The van der Waals surface area contributed by atoms with E-state index in [1.807, 2.05) is 13.0 Å². The van der Waals surface area contributed by atoms with E-state index in [0.717, 1.165) is 24.2 Å². The molecule has 0 aromatic heterocycles. The molecule has 1 aliphatic rings. The van der Waals surface area contributed by atoms with Crippen LogP contribution in [0.3, 0.4) is 0 Å². The van der Waals surface area contributed by atoms with Gasteiger partial charge in [0.05, 0.1) is 0 Å². The molecule has 1 aromatic rings. The van der Waals surface area contributed by atoms with E-state index in [1.54, 1.807) is 0 Å². The molecule has 1 heterocycles. The fourth-order valence-corrected chi connectivity index (χ4v) is 1.95. The summed E-state index contributed by atoms with van der Waals surface area (Å²) in [5, 5.41) is 3.35. The van der Waals surface area contributed by atoms with Crippen molar-refractivity contribution in [3.8, 4) is 0 Å². The zero-order chi connectivity index (χ0) is 10.1. The van der Waals surface area contributed by atoms with Crippen LogP contribution in [0, 0.1) is 0 Å². The summed E-state index contributed by atoms with van der Waals surface area (Å²) in [7, 11) is 0. The summed E-state index contributed by atoms with van der Waals surface area (Å²) in [5.41, 5.74) is 16.2. The van der Waals surface area contributed by atoms with Crippen LogP contribution in [0.5, 0.6) is 0 Å². The molecular formula is C11H17N3. The molecule has 1 atom stereocenters. The topological polar surface area (TPSA) is 64.1 Å². The van der Waals surface area contributed by atoms with Gasteiger partial charge in [-0.05, 0) is 37.0 Å². The molecule has 3 heteroatoms. The number of anilines is 2. The Bertz CT molecular complexity index is 345. The van der Waals surface area contributed by atoms with Crippen molar-refractivity contribution in [2.45, 2.75) is 25.8 Å². The summed E-state index contributed by atoms with van der Waals surface area (Å²) in [6, 6.07) is 4.16. The third-order valence-electron chi connectivity index (χ3n) is 2.74. The molecule has 0 fully saturated rings. The van der Waals surface area contributed by atoms with Crippen LogP contribution in [0.2, 0.25) is 0 Å². The Hall–Kier alpha value is -1.22. The normalized spacial score (nSPS) is 17.0. The molecule has 0 bridgehead atoms. The highest BCUT2D eigenvalue weighted by Gasteiger charge is 2.13. The first-order chi connectivity index (χ1) is 6.68. The minimum atomic E-state index is 0.0160. The van der Waals surface area contributed by atoms with E-state index in [4.69, 9.17) is 11.5 Å². The van der Waals surface area contributed by atoms with E-state index in [9.17, 15) is 0 Å². The van der Waals surface area contributed by atoms with Crippen LogP contribution in [0.15, 0.2) is 12.1 Å². The maximum atomic E-state index is 5.93. The number of hydrogen-bond acceptors (Lipinski definition) is 3. The molecule has 0 saturated heterocycles. The molecule has 0 amide bonds. The summed E-state index contributed by atoms with van der Waals surface area (Å²) in [6.45, 7) is 3.01. The van der Waals surface area contributed by atoms with Crippen molar-refractivity contribution in [2.75, 3.05) is 17.6 Å². The molecule has 3 nitrogen and oxygen atoms in total. The first-order valence-electron chi connectivity index (χ1n) is 5.10. The minimum Gasteiger partial charge on any atom is -0.398 e. The molecule has 0 saturated carbocycles. The first kappa shape index (κ1) is 9.34. The van der Waals surface area contributed by atoms with Gasteiger partial charge in [0.25, 0.3) is 0 Å². The average molecular weight is 191 g/mol. The monoisotopic (exact) mass is 191 g/mol. The molecule has 0 spiro atoms. The lowest BCUT2D eigenvalue weighted by molar-refractivity contribution is 0.799. The molecule has 5 N–H and O–H groups in total. The van der Waals surface area contributed by atoms with Gasteiger partial charge in [0, 0.05) is 24.0 Å². The van der Waals surface area contributed by atoms with E-state index in [-0.39, 0.29) is 6.04 Å². The lowest BCUT2D eigenvalue weighted by atomic mass is 9.97. The van der Waals surface area contributed by atoms with E-state index in [1.165, 1.54) is 17.7 Å². The van der Waals surface area contributed by atoms with Gasteiger partial charge in [0.2, 0.25) is 0 Å². The van der Waals surface area contributed by atoms with Gasteiger partial charge in [-0.3, -0.25) is 0 Å². The van der Waals surface area contributed by atoms with Crippen molar-refractivity contribution < 1.29 is 0 Å². The molecule has 1 aliphatic heterocycles. The maximum absolute atomic E-state index is 5.93. The maximum Gasteiger partial charge on any atom is 0.0393 e. The average Bonchev–Trinajstić information content (AvgIpc) is 2.16. The first-order valence-corrected chi connectivity index (χ1v) is 5.10. The van der Waals surface area contributed by atoms with Crippen LogP contribution in [-0.2, 0) is 6.42 Å². The predicted molar refractivity (Wildman–Crippen MR) is 60.3 cm³/mol. The SMILES string of the molecule is CC(N)c1cc2c(cc1N)NCCC2. The summed E-state index contributed by atoms with van der Waals surface area (Å²) in [4.78, 5) is 0. The van der Waals surface area contributed by atoms with Gasteiger partial charge in [0.1, 0.15) is 0 Å². The Morgan fingerprint density at radius 1 is 1.43 bits per heavy atom. The van der Waals surface area contributed by atoms with Crippen LogP contribution in [0.4, 0.5) is 11.4 Å². The molecule has 76 valence electrons. The zero-order valence-electron chi connectivity index (χ0n) is 8.51. The number of hydrogen-bond donors (Lipinski definition) is 3. The number of nitrogen functional groups attached to an aromatic ring is 1. The van der Waals surface area contributed by atoms with E-state index in [0.29, 0.717) is 0 Å². The Balaban J connectivity index is 2.45. The number of rotatable bonds is 1.